The van der Waals surface area contributed by atoms with Gasteiger partial charge in [0.25, 0.3) is 5.91 Å². The lowest BCUT2D eigenvalue weighted by Gasteiger charge is -2.19. The number of nitrogens with one attached hydrogen (secondary N) is 1. The van der Waals surface area contributed by atoms with Gasteiger partial charge in [-0.25, -0.2) is 5.01 Å². The fraction of sp³-hybridized carbons (Fsp3) is 0.500. The van der Waals surface area contributed by atoms with Gasteiger partial charge in [-0.1, -0.05) is 6.07 Å². The van der Waals surface area contributed by atoms with E-state index in [9.17, 15) is 4.79 Å². The molecule has 0 saturated heterocycles. The molecule has 0 aromatic heterocycles. The molecule has 5 heteroatoms. The zero-order valence-electron chi connectivity index (χ0n) is 12.3. The van der Waals surface area contributed by atoms with E-state index in [1.165, 1.54) is 0 Å². The predicted molar refractivity (Wildman–Crippen MR) is 76.0 cm³/mol. The quantitative estimate of drug-likeness (QED) is 0.772. The molecule has 1 amide bonds. The Morgan fingerprint density at radius 1 is 1.42 bits per heavy atom. The molecule has 0 saturated carbocycles. The lowest BCUT2D eigenvalue weighted by molar-refractivity contribution is -0.126. The molecule has 19 heavy (non-hydrogen) atoms. The van der Waals surface area contributed by atoms with Gasteiger partial charge >= 0.3 is 0 Å². The standard InChI is InChI=1S/C14H23N3O2/c1-9-6-10(2)11(13(7-9)19-5)8-12(15)14(18)16-17(3)4/h6-7,12H,8,15H2,1-5H3,(H,16,18). The van der Waals surface area contributed by atoms with Crippen LogP contribution in [0.3, 0.4) is 0 Å². The first kappa shape index (κ1) is 15.5. The molecular formula is C14H23N3O2. The van der Waals surface area contributed by atoms with E-state index in [-0.39, 0.29) is 5.91 Å². The smallest absolute Gasteiger partial charge is 0.251 e. The molecule has 106 valence electrons. The molecule has 0 bridgehead atoms. The number of hydrogen-bond acceptors (Lipinski definition) is 4. The Balaban J connectivity index is 2.90. The van der Waals surface area contributed by atoms with E-state index in [4.69, 9.17) is 10.5 Å². The van der Waals surface area contributed by atoms with Crippen LogP contribution in [0, 0.1) is 13.8 Å². The van der Waals surface area contributed by atoms with Crippen molar-refractivity contribution >= 4 is 5.91 Å². The molecule has 1 aromatic carbocycles. The Kier molecular flexibility index (Phi) is 5.32. The number of nitrogens with two attached hydrogens (primary N) is 1. The Labute approximate surface area is 114 Å². The fourth-order valence-corrected chi connectivity index (χ4v) is 2.02. The summed E-state index contributed by atoms with van der Waals surface area (Å²) in [6, 6.07) is 3.42. The van der Waals surface area contributed by atoms with Crippen molar-refractivity contribution in [3.05, 3.63) is 28.8 Å². The number of hydrogen-bond donors (Lipinski definition) is 2. The molecular weight excluding hydrogens is 242 g/mol. The zero-order chi connectivity index (χ0) is 14.6. The molecule has 1 aromatic rings. The molecule has 1 rings (SSSR count). The van der Waals surface area contributed by atoms with Gasteiger partial charge in [-0.05, 0) is 36.6 Å². The second kappa shape index (κ2) is 6.54. The van der Waals surface area contributed by atoms with Crippen molar-refractivity contribution in [1.29, 1.82) is 0 Å². The van der Waals surface area contributed by atoms with Crippen LogP contribution in [0.4, 0.5) is 0 Å². The fourth-order valence-electron chi connectivity index (χ4n) is 2.02. The number of ether oxygens (including phenoxy) is 1. The summed E-state index contributed by atoms with van der Waals surface area (Å²) in [5, 5.41) is 1.58. The molecule has 0 heterocycles. The second-order valence-corrected chi connectivity index (χ2v) is 4.94. The van der Waals surface area contributed by atoms with E-state index >= 15 is 0 Å². The Bertz CT molecular complexity index is 458. The first-order valence-electron chi connectivity index (χ1n) is 6.22. The van der Waals surface area contributed by atoms with Gasteiger partial charge in [0.15, 0.2) is 0 Å². The molecule has 0 spiro atoms. The van der Waals surface area contributed by atoms with Gasteiger partial charge in [0.2, 0.25) is 0 Å². The number of benzene rings is 1. The van der Waals surface area contributed by atoms with Crippen LogP contribution in [0.15, 0.2) is 12.1 Å². The molecule has 0 aliphatic heterocycles. The van der Waals surface area contributed by atoms with Crippen LogP contribution in [0.5, 0.6) is 5.75 Å². The Hall–Kier alpha value is -1.59. The van der Waals surface area contributed by atoms with Crippen molar-refractivity contribution in [1.82, 2.24) is 10.4 Å². The number of amides is 1. The second-order valence-electron chi connectivity index (χ2n) is 4.94. The average Bonchev–Trinajstić information content (AvgIpc) is 2.30. The predicted octanol–water partition coefficient (Wildman–Crippen LogP) is 0.775. The third-order valence-corrected chi connectivity index (χ3v) is 2.89. The maximum atomic E-state index is 11.8. The maximum Gasteiger partial charge on any atom is 0.251 e. The monoisotopic (exact) mass is 265 g/mol. The summed E-state index contributed by atoms with van der Waals surface area (Å²) < 4.78 is 5.37. The highest BCUT2D eigenvalue weighted by atomic mass is 16.5. The lowest BCUT2D eigenvalue weighted by Crippen LogP contribution is -2.47. The van der Waals surface area contributed by atoms with E-state index in [0.717, 1.165) is 22.4 Å². The van der Waals surface area contributed by atoms with Crippen LogP contribution < -0.4 is 15.9 Å². The van der Waals surface area contributed by atoms with Gasteiger partial charge in [-0.2, -0.15) is 0 Å². The van der Waals surface area contributed by atoms with Crippen molar-refractivity contribution in [3.8, 4) is 5.75 Å². The van der Waals surface area contributed by atoms with Crippen molar-refractivity contribution in [3.63, 3.8) is 0 Å². The number of rotatable bonds is 5. The molecule has 1 unspecified atom stereocenters. The van der Waals surface area contributed by atoms with E-state index in [2.05, 4.69) is 11.5 Å². The van der Waals surface area contributed by atoms with Gasteiger partial charge in [-0.15, -0.1) is 0 Å². The number of nitrogens with zero attached hydrogens (tertiary/aromatic N) is 1. The van der Waals surface area contributed by atoms with Gasteiger partial charge in [0.05, 0.1) is 13.2 Å². The zero-order valence-corrected chi connectivity index (χ0v) is 12.3. The largest absolute Gasteiger partial charge is 0.496 e. The summed E-state index contributed by atoms with van der Waals surface area (Å²) in [5.41, 5.74) is 11.8. The number of aryl methyl sites for hydroxylation is 2. The van der Waals surface area contributed by atoms with E-state index in [1.807, 2.05) is 19.9 Å². The number of carbonyl (C=O) groups is 1. The Morgan fingerprint density at radius 3 is 2.58 bits per heavy atom. The average molecular weight is 265 g/mol. The minimum absolute atomic E-state index is 0.202. The van der Waals surface area contributed by atoms with Crippen molar-refractivity contribution in [2.24, 2.45) is 5.73 Å². The number of hydrazine groups is 1. The van der Waals surface area contributed by atoms with Gasteiger partial charge in [0, 0.05) is 20.5 Å². The Morgan fingerprint density at radius 2 is 2.05 bits per heavy atom. The van der Waals surface area contributed by atoms with E-state index in [0.29, 0.717) is 6.42 Å². The van der Waals surface area contributed by atoms with Crippen LogP contribution in [0.1, 0.15) is 16.7 Å². The minimum Gasteiger partial charge on any atom is -0.496 e. The highest BCUT2D eigenvalue weighted by Crippen LogP contribution is 2.25. The lowest BCUT2D eigenvalue weighted by atomic mass is 9.98. The highest BCUT2D eigenvalue weighted by molar-refractivity contribution is 5.81. The van der Waals surface area contributed by atoms with Crippen LogP contribution in [-0.2, 0) is 11.2 Å². The first-order chi connectivity index (χ1) is 8.85. The topological polar surface area (TPSA) is 67.6 Å². The molecule has 0 fully saturated rings. The molecule has 0 radical (unpaired) electrons. The third kappa shape index (κ3) is 4.22. The third-order valence-electron chi connectivity index (χ3n) is 2.89. The van der Waals surface area contributed by atoms with Crippen LogP contribution in [0.25, 0.3) is 0 Å². The van der Waals surface area contributed by atoms with Crippen LogP contribution in [0.2, 0.25) is 0 Å². The van der Waals surface area contributed by atoms with Crippen molar-refractivity contribution in [2.75, 3.05) is 21.2 Å². The maximum absolute atomic E-state index is 11.8. The SMILES string of the molecule is COc1cc(C)cc(C)c1CC(N)C(=O)NN(C)C. The molecule has 0 aliphatic rings. The summed E-state index contributed by atoms with van der Waals surface area (Å²) in [7, 11) is 5.13. The van der Waals surface area contributed by atoms with Crippen LogP contribution >= 0.6 is 0 Å². The molecule has 3 N–H and O–H groups in total. The van der Waals surface area contributed by atoms with Gasteiger partial charge in [0.1, 0.15) is 5.75 Å². The van der Waals surface area contributed by atoms with Crippen molar-refractivity contribution in [2.45, 2.75) is 26.3 Å². The molecule has 1 atom stereocenters. The summed E-state index contributed by atoms with van der Waals surface area (Å²) >= 11 is 0. The van der Waals surface area contributed by atoms with Crippen LogP contribution in [-0.4, -0.2) is 38.2 Å². The highest BCUT2D eigenvalue weighted by Gasteiger charge is 2.18. The first-order valence-corrected chi connectivity index (χ1v) is 6.22. The summed E-state index contributed by atoms with van der Waals surface area (Å²) in [6.45, 7) is 4.01. The van der Waals surface area contributed by atoms with Gasteiger partial charge < -0.3 is 10.5 Å². The normalized spacial score (nSPS) is 12.4. The molecule has 5 nitrogen and oxygen atoms in total. The number of methoxy groups -OCH3 is 1. The van der Waals surface area contributed by atoms with Crippen molar-refractivity contribution < 1.29 is 9.53 Å². The number of carbonyl (C=O) groups excluding carboxylic acids is 1. The minimum atomic E-state index is -0.599. The van der Waals surface area contributed by atoms with E-state index in [1.54, 1.807) is 26.2 Å². The summed E-state index contributed by atoms with van der Waals surface area (Å²) in [6.07, 6.45) is 0.453. The van der Waals surface area contributed by atoms with E-state index < -0.39 is 6.04 Å². The molecule has 0 aliphatic carbocycles. The van der Waals surface area contributed by atoms with Gasteiger partial charge in [-0.3, -0.25) is 10.2 Å². The summed E-state index contributed by atoms with van der Waals surface area (Å²) in [5.74, 6) is 0.581. The summed E-state index contributed by atoms with van der Waals surface area (Å²) in [4.78, 5) is 11.8.